The molecule has 10 heteroatoms. The second-order valence-electron chi connectivity index (χ2n) is 22.2. The Balaban J connectivity index is 0.000000233. The lowest BCUT2D eigenvalue weighted by atomic mass is 10.2. The van der Waals surface area contributed by atoms with E-state index in [1.807, 2.05) is 72.8 Å². The van der Waals surface area contributed by atoms with Crippen molar-refractivity contribution in [2.24, 2.45) is 0 Å². The molecule has 12 aromatic carbocycles. The second kappa shape index (κ2) is 39.9. The molecule has 12 rings (SSSR count). The van der Waals surface area contributed by atoms with Crippen LogP contribution in [-0.4, -0.2) is 42.7 Å². The Hall–Kier alpha value is -9.16. The van der Waals surface area contributed by atoms with Crippen LogP contribution >= 0.6 is 0 Å². The molecule has 0 saturated carbocycles. The SMILES string of the molecule is C.C.C.C.COc1ccc([S+](c2ccc(C)cc2)c2ccc(C)cc2)cc1.COc1ccc([S+](c2ccc(C)cc2)c2ccc(OC)cc2)cc1.COc1ccc([S+](c2ccc(OC)cc2)c2ccc(OC)cc2)cc1.Cc1ccc([S+](c2ccc(C)cc2)c2ccc(C)cc2)cc1. The fourth-order valence-corrected chi connectivity index (χ4v) is 18.1. The summed E-state index contributed by atoms with van der Waals surface area (Å²) < 4.78 is 31.8. The van der Waals surface area contributed by atoms with E-state index >= 15 is 0 Å². The van der Waals surface area contributed by atoms with Gasteiger partial charge in [-0.25, -0.2) is 0 Å². The van der Waals surface area contributed by atoms with Crippen LogP contribution in [0.25, 0.3) is 0 Å². The summed E-state index contributed by atoms with van der Waals surface area (Å²) in [4.78, 5) is 15.6. The lowest BCUT2D eigenvalue weighted by molar-refractivity contribution is 0.414. The molecule has 0 radical (unpaired) electrons. The number of aryl methyl sites for hydroxylation is 6. The zero-order chi connectivity index (χ0) is 66.3. The smallest absolute Gasteiger partial charge is 0.166 e. The lowest BCUT2D eigenvalue weighted by Gasteiger charge is -2.10. The number of methoxy groups -OCH3 is 6. The summed E-state index contributed by atoms with van der Waals surface area (Å²) in [6.45, 7) is 12.8. The first-order valence-corrected chi connectivity index (χ1v) is 35.9. The molecule has 0 spiro atoms. The summed E-state index contributed by atoms with van der Waals surface area (Å²) in [5.74, 6) is 5.22. The van der Waals surface area contributed by atoms with Gasteiger partial charge in [0.25, 0.3) is 0 Å². The molecular weight excluding hydrogens is 1280 g/mol. The van der Waals surface area contributed by atoms with Gasteiger partial charge in [0.05, 0.1) is 86.2 Å². The van der Waals surface area contributed by atoms with E-state index in [1.165, 1.54) is 92.1 Å². The standard InChI is InChI=1S/C21H21O3S.C21H21O2S.C21H21OS.C21H21S.4CH4/c1-22-16-4-10-19(11-5-16)25(20-12-6-17(23-2)7-13-20)21-14-8-18(24-3)9-15-21;1-16-4-10-19(11-5-16)24(20-12-6-17(22-2)7-13-20)21-14-8-18(23-3)9-15-21;1-16-4-10-19(11-5-16)23(20-12-6-17(2)7-13-20)21-14-8-18(22-3)9-15-21;1-16-4-10-19(11-5-16)22(20-12-6-17(2)7-13-20)21-14-8-18(3)9-15-21;;;;/h4-15H,1-3H3;4-15H,1-3H3;4-15H,1-3H3;4-15H,1-3H3;4*1H4/q4*+1;;;;. The molecule has 0 saturated heterocycles. The average molecular weight is 1380 g/mol. The maximum Gasteiger partial charge on any atom is 0.166 e. The number of benzene rings is 12. The molecule has 0 unspecified atom stereocenters. The summed E-state index contributed by atoms with van der Waals surface area (Å²) in [6.07, 6.45) is 0. The molecule has 0 aromatic heterocycles. The topological polar surface area (TPSA) is 55.4 Å². The highest BCUT2D eigenvalue weighted by molar-refractivity contribution is 7.98. The van der Waals surface area contributed by atoms with Crippen LogP contribution < -0.4 is 28.4 Å². The molecule has 0 heterocycles. The molecular formula is C88H100O6S4+4. The van der Waals surface area contributed by atoms with E-state index in [0.29, 0.717) is 0 Å². The second-order valence-corrected chi connectivity index (χ2v) is 30.3. The van der Waals surface area contributed by atoms with Gasteiger partial charge in [-0.1, -0.05) is 136 Å². The summed E-state index contributed by atoms with van der Waals surface area (Å²) in [6, 6.07) is 103. The van der Waals surface area contributed by atoms with Gasteiger partial charge in [0.1, 0.15) is 34.5 Å². The van der Waals surface area contributed by atoms with Crippen LogP contribution in [0.2, 0.25) is 0 Å². The molecule has 0 atom stereocenters. The van der Waals surface area contributed by atoms with Crippen molar-refractivity contribution in [2.45, 2.75) is 130 Å². The summed E-state index contributed by atoms with van der Waals surface area (Å²) >= 11 is 0. The van der Waals surface area contributed by atoms with Crippen molar-refractivity contribution in [3.05, 3.63) is 325 Å². The van der Waals surface area contributed by atoms with Gasteiger partial charge in [-0.3, -0.25) is 0 Å². The van der Waals surface area contributed by atoms with Crippen molar-refractivity contribution in [1.82, 2.24) is 0 Å². The molecule has 0 aliphatic rings. The van der Waals surface area contributed by atoms with Crippen molar-refractivity contribution >= 4 is 43.6 Å². The highest BCUT2D eigenvalue weighted by Gasteiger charge is 2.32. The normalized spacial score (nSPS) is 10.3. The fraction of sp³-hybridized carbons (Fsp3) is 0.182. The van der Waals surface area contributed by atoms with E-state index in [0.717, 1.165) is 34.5 Å². The average Bonchev–Trinajstić information content (AvgIpc) is 0.942. The zero-order valence-electron chi connectivity index (χ0n) is 55.8. The third-order valence-corrected chi connectivity index (χ3v) is 24.2. The molecule has 0 bridgehead atoms. The molecule has 508 valence electrons. The highest BCUT2D eigenvalue weighted by atomic mass is 32.2. The predicted octanol–water partition coefficient (Wildman–Crippen LogP) is 23.6. The van der Waals surface area contributed by atoms with E-state index in [-0.39, 0.29) is 73.3 Å². The van der Waals surface area contributed by atoms with Crippen LogP contribution in [0, 0.1) is 41.5 Å². The Kier molecular flexibility index (Phi) is 32.4. The van der Waals surface area contributed by atoms with E-state index < -0.39 is 0 Å². The molecule has 0 aliphatic heterocycles. The van der Waals surface area contributed by atoms with Crippen LogP contribution in [-0.2, 0) is 43.6 Å². The molecule has 0 fully saturated rings. The van der Waals surface area contributed by atoms with Crippen LogP contribution in [0.15, 0.2) is 350 Å². The molecule has 0 N–H and O–H groups in total. The maximum absolute atomic E-state index is 5.29. The number of hydrogen-bond donors (Lipinski definition) is 0. The lowest BCUT2D eigenvalue weighted by Crippen LogP contribution is -2.05. The molecule has 6 nitrogen and oxygen atoms in total. The van der Waals surface area contributed by atoms with Gasteiger partial charge in [-0.15, -0.1) is 0 Å². The van der Waals surface area contributed by atoms with E-state index in [4.69, 9.17) is 28.4 Å². The van der Waals surface area contributed by atoms with Crippen LogP contribution in [0.5, 0.6) is 34.5 Å². The summed E-state index contributed by atoms with van der Waals surface area (Å²) in [7, 11) is 9.63. The largest absolute Gasteiger partial charge is 0.497 e. The minimum absolute atomic E-state index is 0. The van der Waals surface area contributed by atoms with Gasteiger partial charge in [-0.05, 0) is 260 Å². The van der Waals surface area contributed by atoms with E-state index in [1.54, 1.807) is 42.7 Å². The highest BCUT2D eigenvalue weighted by Crippen LogP contribution is 2.38. The third-order valence-electron chi connectivity index (χ3n) is 15.3. The Morgan fingerprint density at radius 2 is 0.224 bits per heavy atom. The van der Waals surface area contributed by atoms with Gasteiger partial charge in [0.2, 0.25) is 0 Å². The van der Waals surface area contributed by atoms with Crippen molar-refractivity contribution in [3.8, 4) is 34.5 Å². The van der Waals surface area contributed by atoms with E-state index in [2.05, 4.69) is 260 Å². The summed E-state index contributed by atoms with van der Waals surface area (Å²) in [5, 5.41) is 0. The quantitative estimate of drug-likeness (QED) is 0.0798. The number of hydrogen-bond acceptors (Lipinski definition) is 6. The molecule has 0 amide bonds. The first-order chi connectivity index (χ1) is 45.8. The molecule has 98 heavy (non-hydrogen) atoms. The Labute approximate surface area is 599 Å². The molecule has 0 aliphatic carbocycles. The van der Waals surface area contributed by atoms with Gasteiger partial charge in [0.15, 0.2) is 58.7 Å². The predicted molar refractivity (Wildman–Crippen MR) is 421 cm³/mol. The van der Waals surface area contributed by atoms with E-state index in [9.17, 15) is 0 Å². The first-order valence-electron chi connectivity index (χ1n) is 31.0. The number of rotatable bonds is 18. The minimum atomic E-state index is -0.212. The Morgan fingerprint density at radius 3 is 0.306 bits per heavy atom. The monoisotopic (exact) mass is 1380 g/mol. The van der Waals surface area contributed by atoms with Crippen LogP contribution in [0.1, 0.15) is 63.1 Å². The minimum Gasteiger partial charge on any atom is -0.497 e. The first kappa shape index (κ1) is 79.5. The summed E-state index contributed by atoms with van der Waals surface area (Å²) in [5.41, 5.74) is 7.76. The maximum atomic E-state index is 5.29. The van der Waals surface area contributed by atoms with Crippen molar-refractivity contribution in [1.29, 1.82) is 0 Å². The van der Waals surface area contributed by atoms with Gasteiger partial charge in [0, 0.05) is 0 Å². The van der Waals surface area contributed by atoms with Crippen LogP contribution in [0.3, 0.4) is 0 Å². The van der Waals surface area contributed by atoms with Gasteiger partial charge >= 0.3 is 0 Å². The Morgan fingerprint density at radius 1 is 0.143 bits per heavy atom. The van der Waals surface area contributed by atoms with Crippen molar-refractivity contribution < 1.29 is 28.4 Å². The van der Waals surface area contributed by atoms with Gasteiger partial charge < -0.3 is 28.4 Å². The van der Waals surface area contributed by atoms with Gasteiger partial charge in [-0.2, -0.15) is 0 Å². The van der Waals surface area contributed by atoms with Crippen molar-refractivity contribution in [2.75, 3.05) is 42.7 Å². The van der Waals surface area contributed by atoms with Crippen molar-refractivity contribution in [3.63, 3.8) is 0 Å². The third kappa shape index (κ3) is 21.9. The fourth-order valence-electron chi connectivity index (χ4n) is 9.95. The number of ether oxygens (including phenoxy) is 6. The molecule has 12 aromatic rings. The zero-order valence-corrected chi connectivity index (χ0v) is 59.1. The van der Waals surface area contributed by atoms with Crippen LogP contribution in [0.4, 0.5) is 0 Å². The Bertz CT molecular complexity index is 3880.